The summed E-state index contributed by atoms with van der Waals surface area (Å²) in [6.07, 6.45) is 1.69. The molecule has 0 amide bonds. The molecule has 0 fully saturated rings. The minimum absolute atomic E-state index is 0.808. The highest BCUT2D eigenvalue weighted by Gasteiger charge is 1.99. The molecule has 2 aromatic rings. The molecule has 0 N–H and O–H groups in total. The first-order chi connectivity index (χ1) is 4.88. The molecule has 1 aromatic heterocycles. The lowest BCUT2D eigenvalue weighted by Gasteiger charge is -1.86. The lowest BCUT2D eigenvalue weighted by Crippen LogP contribution is -1.63. The Morgan fingerprint density at radius 3 is 3.10 bits per heavy atom. The Bertz CT molecular complexity index is 355. The Kier molecular flexibility index (Phi) is 1.24. The van der Waals surface area contributed by atoms with Crippen molar-refractivity contribution in [3.8, 4) is 0 Å². The summed E-state index contributed by atoms with van der Waals surface area (Å²) in [4.78, 5) is 0. The Labute approximate surface area is 65.9 Å². The van der Waals surface area contributed by atoms with E-state index in [1.54, 1.807) is 6.20 Å². The van der Waals surface area contributed by atoms with Gasteiger partial charge in [0.15, 0.2) is 5.58 Å². The summed E-state index contributed by atoms with van der Waals surface area (Å²) in [6, 6.07) is 5.83. The van der Waals surface area contributed by atoms with E-state index < -0.39 is 0 Å². The second kappa shape index (κ2) is 2.09. The van der Waals surface area contributed by atoms with Gasteiger partial charge in [-0.3, -0.25) is 0 Å². The Hall–Kier alpha value is -0.830. The highest BCUT2D eigenvalue weighted by atomic mass is 79.9. The van der Waals surface area contributed by atoms with Crippen molar-refractivity contribution >= 4 is 26.9 Å². The number of rotatable bonds is 0. The first-order valence-corrected chi connectivity index (χ1v) is 3.66. The molecule has 0 aliphatic carbocycles. The number of aromatic nitrogens is 1. The molecule has 10 heavy (non-hydrogen) atoms. The summed E-state index contributed by atoms with van der Waals surface area (Å²) in [5, 5.41) is 4.68. The maximum Gasteiger partial charge on any atom is 0.180 e. The van der Waals surface area contributed by atoms with Crippen molar-refractivity contribution in [2.24, 2.45) is 0 Å². The first-order valence-electron chi connectivity index (χ1n) is 2.87. The molecule has 0 unspecified atom stereocenters. The van der Waals surface area contributed by atoms with Crippen LogP contribution in [-0.4, -0.2) is 5.16 Å². The van der Waals surface area contributed by atoms with Crippen LogP contribution < -0.4 is 0 Å². The van der Waals surface area contributed by atoms with Crippen molar-refractivity contribution in [3.05, 3.63) is 28.9 Å². The number of hydrogen-bond donors (Lipinski definition) is 0. The average Bonchev–Trinajstić information content (AvgIpc) is 2.36. The van der Waals surface area contributed by atoms with Gasteiger partial charge in [-0.25, -0.2) is 0 Å². The van der Waals surface area contributed by atoms with E-state index in [9.17, 15) is 0 Å². The van der Waals surface area contributed by atoms with E-state index in [2.05, 4.69) is 21.1 Å². The molecule has 50 valence electrons. The van der Waals surface area contributed by atoms with Crippen molar-refractivity contribution in [1.29, 1.82) is 0 Å². The molecule has 0 aliphatic rings. The van der Waals surface area contributed by atoms with Crippen LogP contribution in [0, 0.1) is 0 Å². The molecule has 0 atom stereocenters. The molecule has 2 rings (SSSR count). The maximum absolute atomic E-state index is 4.95. The van der Waals surface area contributed by atoms with Crippen molar-refractivity contribution in [1.82, 2.24) is 5.16 Å². The van der Waals surface area contributed by atoms with E-state index in [-0.39, 0.29) is 0 Å². The van der Waals surface area contributed by atoms with Gasteiger partial charge in [-0.2, -0.15) is 0 Å². The summed E-state index contributed by atoms with van der Waals surface area (Å²) in [5.41, 5.74) is 0.808. The van der Waals surface area contributed by atoms with Crippen LogP contribution >= 0.6 is 15.9 Å². The predicted molar refractivity (Wildman–Crippen MR) is 41.7 cm³/mol. The standard InChI is InChI=1S/C7H4BrNO/c8-6-3-1-2-5-4-9-10-7(5)6/h1-4H. The minimum atomic E-state index is 0.808. The monoisotopic (exact) mass is 197 g/mol. The van der Waals surface area contributed by atoms with Crippen LogP contribution in [0.2, 0.25) is 0 Å². The Morgan fingerprint density at radius 1 is 1.40 bits per heavy atom. The van der Waals surface area contributed by atoms with E-state index in [4.69, 9.17) is 4.52 Å². The largest absolute Gasteiger partial charge is 0.355 e. The lowest BCUT2D eigenvalue weighted by molar-refractivity contribution is 0.455. The van der Waals surface area contributed by atoms with Crippen molar-refractivity contribution in [2.75, 3.05) is 0 Å². The smallest absolute Gasteiger partial charge is 0.180 e. The van der Waals surface area contributed by atoms with E-state index in [1.165, 1.54) is 0 Å². The van der Waals surface area contributed by atoms with Crippen LogP contribution in [-0.2, 0) is 0 Å². The van der Waals surface area contributed by atoms with E-state index >= 15 is 0 Å². The Balaban J connectivity index is 2.95. The topological polar surface area (TPSA) is 26.0 Å². The molecule has 0 saturated heterocycles. The van der Waals surface area contributed by atoms with Gasteiger partial charge in [0.05, 0.1) is 10.7 Å². The van der Waals surface area contributed by atoms with Gasteiger partial charge < -0.3 is 4.52 Å². The third-order valence-corrected chi connectivity index (χ3v) is 1.96. The molecular weight excluding hydrogens is 194 g/mol. The van der Waals surface area contributed by atoms with Crippen LogP contribution in [0.25, 0.3) is 11.0 Å². The SMILES string of the molecule is Brc1cccc2cnoc12. The third-order valence-electron chi connectivity index (χ3n) is 1.33. The van der Waals surface area contributed by atoms with Crippen LogP contribution in [0.5, 0.6) is 0 Å². The van der Waals surface area contributed by atoms with Gasteiger partial charge in [-0.1, -0.05) is 11.2 Å². The number of para-hydroxylation sites is 1. The highest BCUT2D eigenvalue weighted by molar-refractivity contribution is 9.10. The average molecular weight is 198 g/mol. The summed E-state index contributed by atoms with van der Waals surface area (Å²) in [5.74, 6) is 0. The highest BCUT2D eigenvalue weighted by Crippen LogP contribution is 2.22. The molecular formula is C7H4BrNO. The van der Waals surface area contributed by atoms with Crippen LogP contribution in [0.4, 0.5) is 0 Å². The second-order valence-corrected chi connectivity index (χ2v) is 2.84. The number of halogens is 1. The van der Waals surface area contributed by atoms with Gasteiger partial charge in [0.2, 0.25) is 0 Å². The Morgan fingerprint density at radius 2 is 2.30 bits per heavy atom. The van der Waals surface area contributed by atoms with E-state index in [1.807, 2.05) is 18.2 Å². The number of nitrogens with zero attached hydrogens (tertiary/aromatic N) is 1. The molecule has 0 bridgehead atoms. The van der Waals surface area contributed by atoms with Crippen LogP contribution in [0.1, 0.15) is 0 Å². The maximum atomic E-state index is 4.95. The molecule has 3 heteroatoms. The molecule has 2 nitrogen and oxygen atoms in total. The van der Waals surface area contributed by atoms with Gasteiger partial charge in [-0.05, 0) is 28.1 Å². The van der Waals surface area contributed by atoms with Gasteiger partial charge >= 0.3 is 0 Å². The van der Waals surface area contributed by atoms with E-state index in [0.29, 0.717) is 0 Å². The molecule has 0 spiro atoms. The molecule has 1 heterocycles. The van der Waals surface area contributed by atoms with Crippen molar-refractivity contribution < 1.29 is 4.52 Å². The van der Waals surface area contributed by atoms with Gasteiger partial charge in [-0.15, -0.1) is 0 Å². The van der Waals surface area contributed by atoms with Crippen LogP contribution in [0.15, 0.2) is 33.4 Å². The number of benzene rings is 1. The number of hydrogen-bond acceptors (Lipinski definition) is 2. The number of fused-ring (bicyclic) bond motifs is 1. The minimum Gasteiger partial charge on any atom is -0.355 e. The fraction of sp³-hybridized carbons (Fsp3) is 0. The predicted octanol–water partition coefficient (Wildman–Crippen LogP) is 2.59. The summed E-state index contributed by atoms with van der Waals surface area (Å²) < 4.78 is 5.90. The molecule has 1 aromatic carbocycles. The third kappa shape index (κ3) is 0.743. The van der Waals surface area contributed by atoms with Gasteiger partial charge in [0.25, 0.3) is 0 Å². The van der Waals surface area contributed by atoms with Crippen molar-refractivity contribution in [2.45, 2.75) is 0 Å². The molecule has 0 aliphatic heterocycles. The lowest BCUT2D eigenvalue weighted by atomic mass is 10.3. The van der Waals surface area contributed by atoms with Crippen molar-refractivity contribution in [3.63, 3.8) is 0 Å². The van der Waals surface area contributed by atoms with E-state index in [0.717, 1.165) is 15.4 Å². The fourth-order valence-corrected chi connectivity index (χ4v) is 1.31. The van der Waals surface area contributed by atoms with Crippen LogP contribution in [0.3, 0.4) is 0 Å². The fourth-order valence-electron chi connectivity index (χ4n) is 0.859. The first kappa shape index (κ1) is 5.92. The van der Waals surface area contributed by atoms with Gasteiger partial charge in [0, 0.05) is 5.39 Å². The zero-order valence-electron chi connectivity index (χ0n) is 5.04. The summed E-state index contributed by atoms with van der Waals surface area (Å²) in [7, 11) is 0. The zero-order chi connectivity index (χ0) is 6.97. The second-order valence-electron chi connectivity index (χ2n) is 1.98. The molecule has 0 saturated carbocycles. The van der Waals surface area contributed by atoms with Gasteiger partial charge in [0.1, 0.15) is 0 Å². The zero-order valence-corrected chi connectivity index (χ0v) is 6.63. The summed E-state index contributed by atoms with van der Waals surface area (Å²) >= 11 is 3.34. The normalized spacial score (nSPS) is 10.5. The quantitative estimate of drug-likeness (QED) is 0.650. The molecule has 0 radical (unpaired) electrons. The summed E-state index contributed by atoms with van der Waals surface area (Å²) in [6.45, 7) is 0.